The third kappa shape index (κ3) is 8.00. The maximum atomic E-state index is 12.9. The Labute approximate surface area is 288 Å². The number of thioether (sulfide) groups is 2. The number of carboxylic acid groups (broad SMARTS) is 2. The minimum Gasteiger partial charge on any atom is -0.550 e. The number of nitrogen functional groups attached to an aromatic ring is 1. The van der Waals surface area contributed by atoms with Crippen LogP contribution >= 0.6 is 46.2 Å². The van der Waals surface area contributed by atoms with E-state index in [-0.39, 0.29) is 105 Å². The molecule has 1 saturated heterocycles. The molecular formula is C20H20N6Na2O8S4. The number of rotatable bonds is 10. The van der Waals surface area contributed by atoms with Crippen LogP contribution in [0, 0.1) is 6.92 Å². The number of hydrogen-bond donors (Lipinski definition) is 2. The van der Waals surface area contributed by atoms with E-state index in [0.29, 0.717) is 20.5 Å². The molecule has 5 N–H and O–H groups in total. The van der Waals surface area contributed by atoms with E-state index in [9.17, 15) is 29.4 Å². The Hall–Kier alpha value is -1.19. The van der Waals surface area contributed by atoms with Crippen molar-refractivity contribution in [3.63, 3.8) is 0 Å². The first-order valence-electron chi connectivity index (χ1n) is 10.4. The summed E-state index contributed by atoms with van der Waals surface area (Å²) >= 11 is 4.83. The maximum absolute atomic E-state index is 12.9. The van der Waals surface area contributed by atoms with Crippen LogP contribution < -0.4 is 80.4 Å². The number of aliphatic carboxylic acids is 2. The van der Waals surface area contributed by atoms with Crippen molar-refractivity contribution in [2.24, 2.45) is 5.16 Å². The zero-order valence-corrected chi connectivity index (χ0v) is 29.0. The molecule has 40 heavy (non-hydrogen) atoms. The molecule has 20 heteroatoms. The summed E-state index contributed by atoms with van der Waals surface area (Å²) in [6.07, 6.45) is -0.253. The van der Waals surface area contributed by atoms with Gasteiger partial charge in [-0.2, -0.15) is 0 Å². The van der Waals surface area contributed by atoms with Gasteiger partial charge in [-0.1, -0.05) is 16.9 Å². The Kier molecular flexibility index (Phi) is 14.6. The van der Waals surface area contributed by atoms with Gasteiger partial charge in [-0.05, 0) is 12.5 Å². The smallest absolute Gasteiger partial charge is 0.550 e. The largest absolute Gasteiger partial charge is 1.00 e. The van der Waals surface area contributed by atoms with Crippen molar-refractivity contribution in [3.8, 4) is 0 Å². The van der Waals surface area contributed by atoms with Crippen LogP contribution in [-0.2, 0) is 30.4 Å². The van der Waals surface area contributed by atoms with Crippen molar-refractivity contribution in [1.82, 2.24) is 20.2 Å². The van der Waals surface area contributed by atoms with Crippen LogP contribution in [0.3, 0.4) is 0 Å². The number of nitrogens with two attached hydrogens (primary N) is 1. The molecule has 2 aliphatic rings. The van der Waals surface area contributed by atoms with Gasteiger partial charge in [0.15, 0.2) is 15.2 Å². The molecule has 4 rings (SSSR count). The summed E-state index contributed by atoms with van der Waals surface area (Å²) in [4.78, 5) is 63.4. The average molecular weight is 647 g/mol. The van der Waals surface area contributed by atoms with E-state index in [1.807, 2.05) is 0 Å². The second-order valence-electron chi connectivity index (χ2n) is 7.62. The van der Waals surface area contributed by atoms with E-state index in [4.69, 9.17) is 10.6 Å². The minimum absolute atomic E-state index is 0. The molecule has 1 fully saturated rings. The molecule has 0 saturated carbocycles. The summed E-state index contributed by atoms with van der Waals surface area (Å²) < 4.78 is 0.568. The first kappa shape index (κ1) is 36.8. The zero-order valence-electron chi connectivity index (χ0n) is 21.7. The van der Waals surface area contributed by atoms with Crippen molar-refractivity contribution < 1.29 is 98.8 Å². The fraction of sp³-hybridized carbons (Fsp3) is 0.350. The summed E-state index contributed by atoms with van der Waals surface area (Å²) in [6, 6.07) is -0.993. The summed E-state index contributed by atoms with van der Waals surface area (Å²) in [5.74, 6) is -3.58. The monoisotopic (exact) mass is 646 g/mol. The number of nitrogens with zero attached hydrogens (tertiary/aromatic N) is 4. The number of nitrogens with one attached hydrogen (secondary N) is 1. The second-order valence-corrected chi connectivity index (χ2v) is 11.9. The fourth-order valence-corrected chi connectivity index (χ4v) is 7.84. The number of carboxylic acids is 2. The molecule has 14 nitrogen and oxygen atoms in total. The predicted molar refractivity (Wildman–Crippen MR) is 137 cm³/mol. The van der Waals surface area contributed by atoms with Gasteiger partial charge in [0, 0.05) is 34.2 Å². The number of thiazole rings is 2. The summed E-state index contributed by atoms with van der Waals surface area (Å²) in [5.41, 5.74) is 6.41. The van der Waals surface area contributed by atoms with Gasteiger partial charge in [0.05, 0.1) is 17.4 Å². The predicted octanol–water partition coefficient (Wildman–Crippen LogP) is -8.49. The molecule has 2 aromatic heterocycles. The first-order chi connectivity index (χ1) is 17.6. The summed E-state index contributed by atoms with van der Waals surface area (Å²) in [5, 5.41) is 30.2. The van der Waals surface area contributed by atoms with Crippen LogP contribution in [0.5, 0.6) is 0 Å². The Morgan fingerprint density at radius 3 is 2.58 bits per heavy atom. The molecule has 0 aromatic carbocycles. The number of hydrogen-bond acceptors (Lipinski definition) is 15. The Bertz CT molecular complexity index is 1350. The van der Waals surface area contributed by atoms with Crippen molar-refractivity contribution in [1.29, 1.82) is 0 Å². The number of oxime groups is 1. The topological polar surface area (TPSA) is 235 Å². The van der Waals surface area contributed by atoms with Gasteiger partial charge in [-0.3, -0.25) is 14.5 Å². The molecule has 2 atom stereocenters. The molecule has 0 spiro atoms. The first-order valence-corrected chi connectivity index (χ1v) is 14.1. The maximum Gasteiger partial charge on any atom is 1.00 e. The second kappa shape index (κ2) is 15.9. The molecule has 0 aliphatic carbocycles. The van der Waals surface area contributed by atoms with Crippen molar-refractivity contribution >= 4 is 80.8 Å². The number of anilines is 1. The molecule has 2 aliphatic heterocycles. The van der Waals surface area contributed by atoms with Crippen LogP contribution in [-0.4, -0.2) is 79.8 Å². The van der Waals surface area contributed by atoms with Gasteiger partial charge in [-0.25, -0.2) is 9.97 Å². The SMILES string of the molecule is CO/N=C(/C(=O)NC1C(=O)N2C(C(=O)[O-])=C(CSc3nc(C)c(CC(=O)[O-])s3)CSC12)c1csc(N)n1.O.[Na+].[Na+]. The average Bonchev–Trinajstić information content (AvgIpc) is 3.42. The zero-order chi connectivity index (χ0) is 26.9. The molecule has 0 radical (unpaired) electrons. The fourth-order valence-electron chi connectivity index (χ4n) is 3.59. The molecule has 0 bridgehead atoms. The van der Waals surface area contributed by atoms with Crippen LogP contribution in [0.1, 0.15) is 16.3 Å². The van der Waals surface area contributed by atoms with E-state index in [1.165, 1.54) is 47.4 Å². The summed E-state index contributed by atoms with van der Waals surface area (Å²) in [7, 11) is 1.25. The van der Waals surface area contributed by atoms with Crippen molar-refractivity contribution in [2.45, 2.75) is 29.1 Å². The van der Waals surface area contributed by atoms with Crippen molar-refractivity contribution in [2.75, 3.05) is 24.3 Å². The minimum atomic E-state index is -1.51. The molecule has 2 aromatic rings. The quantitative estimate of drug-likeness (QED) is 0.0805. The number of carbonyl (C=O) groups excluding carboxylic acids is 4. The van der Waals surface area contributed by atoms with Crippen LogP contribution in [0.4, 0.5) is 5.13 Å². The van der Waals surface area contributed by atoms with Crippen molar-refractivity contribution in [3.05, 3.63) is 32.9 Å². The molecule has 4 heterocycles. The van der Waals surface area contributed by atoms with Gasteiger partial charge in [0.25, 0.3) is 11.8 Å². The third-order valence-corrected chi connectivity index (χ3v) is 9.64. The number of aryl methyl sites for hydroxylation is 1. The number of aromatic nitrogens is 2. The van der Waals surface area contributed by atoms with Gasteiger partial charge in [0.1, 0.15) is 24.2 Å². The van der Waals surface area contributed by atoms with Gasteiger partial charge >= 0.3 is 59.1 Å². The van der Waals surface area contributed by atoms with E-state index in [2.05, 4.69) is 20.4 Å². The number of amides is 2. The van der Waals surface area contributed by atoms with Gasteiger partial charge in [-0.15, -0.1) is 34.4 Å². The molecule has 2 unspecified atom stereocenters. The van der Waals surface area contributed by atoms with E-state index < -0.39 is 35.2 Å². The Morgan fingerprint density at radius 2 is 2.00 bits per heavy atom. The van der Waals surface area contributed by atoms with E-state index in [0.717, 1.165) is 16.2 Å². The molecular weight excluding hydrogens is 627 g/mol. The standard InChI is InChI=1S/C20H20N6O7S4.2Na.H2O/c1-7-10(3-11(27)28)37-20(22-7)36-5-8-4-34-17-13(16(30)26(17)14(8)18(31)32)24-15(29)12(25-33-2)9-6-35-19(21)23-9;;;/h6,13,17H,3-5H2,1-2H3,(H2,21,23)(H,24,29)(H,27,28)(H,31,32);;;1H2/q;2*+1;/p-2/b25-12+;;;. The third-order valence-electron chi connectivity index (χ3n) is 5.24. The Balaban J connectivity index is 0.00000267. The normalized spacial score (nSPS) is 17.9. The number of β-lactam (4-membered cyclic amide) rings is 1. The number of fused-ring (bicyclic) bond motifs is 1. The van der Waals surface area contributed by atoms with Gasteiger partial charge in [0.2, 0.25) is 0 Å². The van der Waals surface area contributed by atoms with Crippen LogP contribution in [0.2, 0.25) is 0 Å². The van der Waals surface area contributed by atoms with Gasteiger partial charge < -0.3 is 41.2 Å². The molecule has 2 amide bonds. The number of carbonyl (C=O) groups is 4. The van der Waals surface area contributed by atoms with E-state index >= 15 is 0 Å². The van der Waals surface area contributed by atoms with E-state index in [1.54, 1.807) is 6.92 Å². The van der Waals surface area contributed by atoms with Crippen LogP contribution in [0.25, 0.3) is 0 Å². The Morgan fingerprint density at radius 1 is 1.30 bits per heavy atom. The van der Waals surface area contributed by atoms with Crippen LogP contribution in [0.15, 0.2) is 26.1 Å². The molecule has 204 valence electrons. The summed E-state index contributed by atoms with van der Waals surface area (Å²) in [6.45, 7) is 1.69.